The van der Waals surface area contributed by atoms with Crippen LogP contribution >= 0.6 is 0 Å². The van der Waals surface area contributed by atoms with Crippen LogP contribution < -0.4 is 10.2 Å². The standard InChI is InChI=1S/C18H23N3O/c1-3-21(4-2)16-11-12-17(19-14-16)20-18(22)13-10-15-8-6-5-7-9-15/h5-9,11-12,14H,3-4,10,13H2,1-2H3,(H,19,20,22). The first-order valence-electron chi connectivity index (χ1n) is 7.77. The van der Waals surface area contributed by atoms with Gasteiger partial charge < -0.3 is 10.2 Å². The van der Waals surface area contributed by atoms with Crippen molar-refractivity contribution in [3.63, 3.8) is 0 Å². The molecule has 4 heteroatoms. The van der Waals surface area contributed by atoms with Crippen molar-refractivity contribution in [3.05, 3.63) is 54.2 Å². The molecule has 0 aliphatic heterocycles. The maximum Gasteiger partial charge on any atom is 0.225 e. The molecule has 0 aliphatic carbocycles. The Bertz CT molecular complexity index is 577. The summed E-state index contributed by atoms with van der Waals surface area (Å²) in [7, 11) is 0. The summed E-state index contributed by atoms with van der Waals surface area (Å²) in [6, 6.07) is 13.9. The highest BCUT2D eigenvalue weighted by atomic mass is 16.1. The lowest BCUT2D eigenvalue weighted by atomic mass is 10.1. The first kappa shape index (κ1) is 16.0. The van der Waals surface area contributed by atoms with E-state index in [1.807, 2.05) is 42.5 Å². The van der Waals surface area contributed by atoms with Gasteiger partial charge in [0.1, 0.15) is 5.82 Å². The number of aromatic nitrogens is 1. The van der Waals surface area contributed by atoms with Crippen LogP contribution in [0.3, 0.4) is 0 Å². The van der Waals surface area contributed by atoms with E-state index in [0.717, 1.165) is 25.2 Å². The molecule has 1 heterocycles. The van der Waals surface area contributed by atoms with Crippen LogP contribution in [-0.2, 0) is 11.2 Å². The molecule has 1 amide bonds. The number of nitrogens with zero attached hydrogens (tertiary/aromatic N) is 2. The predicted molar refractivity (Wildman–Crippen MR) is 91.2 cm³/mol. The average molecular weight is 297 g/mol. The summed E-state index contributed by atoms with van der Waals surface area (Å²) in [4.78, 5) is 18.5. The summed E-state index contributed by atoms with van der Waals surface area (Å²) in [5, 5.41) is 2.85. The van der Waals surface area contributed by atoms with Crippen LogP contribution in [0.5, 0.6) is 0 Å². The lowest BCUT2D eigenvalue weighted by molar-refractivity contribution is -0.116. The zero-order chi connectivity index (χ0) is 15.8. The van der Waals surface area contributed by atoms with Gasteiger partial charge in [-0.2, -0.15) is 0 Å². The Balaban J connectivity index is 1.86. The summed E-state index contributed by atoms with van der Waals surface area (Å²) < 4.78 is 0. The number of amides is 1. The minimum atomic E-state index is -0.00746. The first-order chi connectivity index (χ1) is 10.7. The van der Waals surface area contributed by atoms with Crippen LogP contribution in [0.15, 0.2) is 48.7 Å². The van der Waals surface area contributed by atoms with E-state index in [4.69, 9.17) is 0 Å². The lowest BCUT2D eigenvalue weighted by Gasteiger charge is -2.20. The number of hydrogen-bond acceptors (Lipinski definition) is 3. The van der Waals surface area contributed by atoms with Crippen LogP contribution in [0.25, 0.3) is 0 Å². The summed E-state index contributed by atoms with van der Waals surface area (Å²) in [5.74, 6) is 0.598. The van der Waals surface area contributed by atoms with Gasteiger partial charge in [0, 0.05) is 19.5 Å². The number of carbonyl (C=O) groups is 1. The molecule has 1 aromatic carbocycles. The van der Waals surface area contributed by atoms with E-state index in [-0.39, 0.29) is 5.91 Å². The van der Waals surface area contributed by atoms with Gasteiger partial charge >= 0.3 is 0 Å². The SMILES string of the molecule is CCN(CC)c1ccc(NC(=O)CCc2ccccc2)nc1. The number of benzene rings is 1. The third-order valence-corrected chi connectivity index (χ3v) is 3.63. The Morgan fingerprint density at radius 3 is 2.41 bits per heavy atom. The molecule has 2 aromatic rings. The summed E-state index contributed by atoms with van der Waals surface area (Å²) in [6.07, 6.45) is 3.01. The van der Waals surface area contributed by atoms with Crippen molar-refractivity contribution < 1.29 is 4.79 Å². The number of pyridine rings is 1. The van der Waals surface area contributed by atoms with Gasteiger partial charge in [0.15, 0.2) is 0 Å². The van der Waals surface area contributed by atoms with Gasteiger partial charge in [0.05, 0.1) is 11.9 Å². The molecular formula is C18H23N3O. The maximum absolute atomic E-state index is 12.0. The van der Waals surface area contributed by atoms with Gasteiger partial charge in [-0.15, -0.1) is 0 Å². The van der Waals surface area contributed by atoms with E-state index in [0.29, 0.717) is 12.2 Å². The molecule has 0 unspecified atom stereocenters. The first-order valence-corrected chi connectivity index (χ1v) is 7.77. The predicted octanol–water partition coefficient (Wildman–Crippen LogP) is 3.50. The molecular weight excluding hydrogens is 274 g/mol. The molecule has 0 saturated heterocycles. The van der Waals surface area contributed by atoms with E-state index in [1.165, 1.54) is 5.56 Å². The molecule has 0 spiro atoms. The van der Waals surface area contributed by atoms with Gasteiger partial charge in [-0.3, -0.25) is 4.79 Å². The van der Waals surface area contributed by atoms with E-state index < -0.39 is 0 Å². The van der Waals surface area contributed by atoms with Gasteiger partial charge in [-0.1, -0.05) is 30.3 Å². The molecule has 1 aromatic heterocycles. The largest absolute Gasteiger partial charge is 0.371 e. The smallest absolute Gasteiger partial charge is 0.225 e. The van der Waals surface area contributed by atoms with Crippen molar-refractivity contribution in [3.8, 4) is 0 Å². The maximum atomic E-state index is 12.0. The van der Waals surface area contributed by atoms with E-state index in [9.17, 15) is 4.79 Å². The van der Waals surface area contributed by atoms with Crippen molar-refractivity contribution in [1.82, 2.24) is 4.98 Å². The highest BCUT2D eigenvalue weighted by Gasteiger charge is 2.06. The fourth-order valence-corrected chi connectivity index (χ4v) is 2.34. The Morgan fingerprint density at radius 2 is 1.82 bits per heavy atom. The fraction of sp³-hybridized carbons (Fsp3) is 0.333. The van der Waals surface area contributed by atoms with E-state index in [1.54, 1.807) is 6.20 Å². The number of rotatable bonds is 7. The van der Waals surface area contributed by atoms with Crippen LogP contribution in [0.1, 0.15) is 25.8 Å². The third kappa shape index (κ3) is 4.58. The van der Waals surface area contributed by atoms with Crippen molar-refractivity contribution in [1.29, 1.82) is 0 Å². The fourth-order valence-electron chi connectivity index (χ4n) is 2.34. The molecule has 0 aliphatic rings. The zero-order valence-electron chi connectivity index (χ0n) is 13.2. The number of nitrogens with one attached hydrogen (secondary N) is 1. The third-order valence-electron chi connectivity index (χ3n) is 3.63. The van der Waals surface area contributed by atoms with Crippen molar-refractivity contribution in [2.75, 3.05) is 23.3 Å². The highest BCUT2D eigenvalue weighted by molar-refractivity contribution is 5.89. The Kier molecular flexibility index (Phi) is 5.95. The van der Waals surface area contributed by atoms with Crippen LogP contribution in [0.2, 0.25) is 0 Å². The van der Waals surface area contributed by atoms with Crippen molar-refractivity contribution in [2.45, 2.75) is 26.7 Å². The molecule has 2 rings (SSSR count). The molecule has 4 nitrogen and oxygen atoms in total. The van der Waals surface area contributed by atoms with Gasteiger partial charge in [-0.25, -0.2) is 4.98 Å². The normalized spacial score (nSPS) is 10.3. The Labute approximate surface area is 132 Å². The number of carbonyl (C=O) groups excluding carboxylic acids is 1. The Morgan fingerprint density at radius 1 is 1.09 bits per heavy atom. The molecule has 22 heavy (non-hydrogen) atoms. The van der Waals surface area contributed by atoms with Gasteiger partial charge in [0.25, 0.3) is 0 Å². The van der Waals surface area contributed by atoms with Crippen molar-refractivity contribution >= 4 is 17.4 Å². The molecule has 0 atom stereocenters. The van der Waals surface area contributed by atoms with Crippen LogP contribution in [0, 0.1) is 0 Å². The molecule has 0 fully saturated rings. The van der Waals surface area contributed by atoms with Crippen molar-refractivity contribution in [2.24, 2.45) is 0 Å². The number of hydrogen-bond donors (Lipinski definition) is 1. The molecule has 116 valence electrons. The minimum Gasteiger partial charge on any atom is -0.371 e. The quantitative estimate of drug-likeness (QED) is 0.850. The van der Waals surface area contributed by atoms with E-state index >= 15 is 0 Å². The molecule has 1 N–H and O–H groups in total. The van der Waals surface area contributed by atoms with Gasteiger partial charge in [-0.05, 0) is 38.0 Å². The Hall–Kier alpha value is -2.36. The molecule has 0 radical (unpaired) electrons. The zero-order valence-corrected chi connectivity index (χ0v) is 13.2. The summed E-state index contributed by atoms with van der Waals surface area (Å²) >= 11 is 0. The average Bonchev–Trinajstić information content (AvgIpc) is 2.56. The highest BCUT2D eigenvalue weighted by Crippen LogP contribution is 2.15. The second-order valence-corrected chi connectivity index (χ2v) is 5.11. The summed E-state index contributed by atoms with van der Waals surface area (Å²) in [5.41, 5.74) is 2.25. The van der Waals surface area contributed by atoms with Gasteiger partial charge in [0.2, 0.25) is 5.91 Å². The topological polar surface area (TPSA) is 45.2 Å². The lowest BCUT2D eigenvalue weighted by Crippen LogP contribution is -2.22. The second kappa shape index (κ2) is 8.17. The monoisotopic (exact) mass is 297 g/mol. The van der Waals surface area contributed by atoms with E-state index in [2.05, 4.69) is 29.0 Å². The van der Waals surface area contributed by atoms with Crippen LogP contribution in [-0.4, -0.2) is 24.0 Å². The number of anilines is 2. The summed E-state index contributed by atoms with van der Waals surface area (Å²) in [6.45, 7) is 6.12. The second-order valence-electron chi connectivity index (χ2n) is 5.11. The van der Waals surface area contributed by atoms with Crippen LogP contribution in [0.4, 0.5) is 11.5 Å². The minimum absolute atomic E-state index is 0.00746. The molecule has 0 bridgehead atoms. The number of aryl methyl sites for hydroxylation is 1. The molecule has 0 saturated carbocycles.